The van der Waals surface area contributed by atoms with Gasteiger partial charge in [0.1, 0.15) is 12.0 Å². The molecule has 1 aliphatic heterocycles. The summed E-state index contributed by atoms with van der Waals surface area (Å²) in [6, 6.07) is 1.99. The van der Waals surface area contributed by atoms with Gasteiger partial charge in [0.05, 0.1) is 12.1 Å². The molecule has 0 aliphatic carbocycles. The van der Waals surface area contributed by atoms with E-state index in [-0.39, 0.29) is 11.9 Å². The van der Waals surface area contributed by atoms with Gasteiger partial charge in [-0.3, -0.25) is 4.79 Å². The number of piperidine rings is 1. The maximum Gasteiger partial charge on any atom is 0.254 e. The summed E-state index contributed by atoms with van der Waals surface area (Å²) in [4.78, 5) is 14.6. The highest BCUT2D eigenvalue weighted by molar-refractivity contribution is 5.94. The third-order valence-electron chi connectivity index (χ3n) is 3.87. The van der Waals surface area contributed by atoms with E-state index in [4.69, 9.17) is 10.2 Å². The van der Waals surface area contributed by atoms with Crippen LogP contribution in [-0.4, -0.2) is 36.5 Å². The average Bonchev–Trinajstić information content (AvgIpc) is 2.95. The Morgan fingerprint density at radius 2 is 2.25 bits per heavy atom. The van der Waals surface area contributed by atoms with Gasteiger partial charge in [-0.15, -0.1) is 0 Å². The molecule has 0 aromatic carbocycles. The number of hydrogen-bond donors (Lipinski definition) is 2. The fourth-order valence-electron chi connectivity index (χ4n) is 2.56. The molecule has 5 nitrogen and oxygen atoms in total. The van der Waals surface area contributed by atoms with Gasteiger partial charge < -0.3 is 20.4 Å². The first kappa shape index (κ1) is 15.1. The molecular formula is C15H25N3O2. The number of rotatable bonds is 6. The highest BCUT2D eigenvalue weighted by Crippen LogP contribution is 2.13. The molecule has 0 bridgehead atoms. The van der Waals surface area contributed by atoms with Crippen molar-refractivity contribution < 1.29 is 9.21 Å². The molecule has 3 N–H and O–H groups in total. The smallest absolute Gasteiger partial charge is 0.254 e. The molecule has 20 heavy (non-hydrogen) atoms. The molecule has 2 heterocycles. The SMILES string of the molecule is CCCCN1CCC(NC(=O)c2coc(CN)c2)CC1. The fourth-order valence-corrected chi connectivity index (χ4v) is 2.56. The van der Waals surface area contributed by atoms with Crippen molar-refractivity contribution in [3.8, 4) is 0 Å². The summed E-state index contributed by atoms with van der Waals surface area (Å²) in [7, 11) is 0. The Morgan fingerprint density at radius 3 is 2.85 bits per heavy atom. The van der Waals surface area contributed by atoms with E-state index in [0.29, 0.717) is 17.9 Å². The number of nitrogens with zero attached hydrogens (tertiary/aromatic N) is 1. The maximum atomic E-state index is 12.1. The lowest BCUT2D eigenvalue weighted by molar-refractivity contribution is 0.0910. The van der Waals surface area contributed by atoms with Crippen molar-refractivity contribution in [2.24, 2.45) is 5.73 Å². The molecule has 0 saturated carbocycles. The number of hydrogen-bond acceptors (Lipinski definition) is 4. The summed E-state index contributed by atoms with van der Waals surface area (Å²) >= 11 is 0. The van der Waals surface area contributed by atoms with Crippen molar-refractivity contribution in [1.82, 2.24) is 10.2 Å². The molecular weight excluding hydrogens is 254 g/mol. The zero-order valence-corrected chi connectivity index (χ0v) is 12.2. The van der Waals surface area contributed by atoms with Crippen LogP contribution in [0.25, 0.3) is 0 Å². The number of nitrogens with two attached hydrogens (primary N) is 1. The molecule has 1 aliphatic rings. The monoisotopic (exact) mass is 279 g/mol. The lowest BCUT2D eigenvalue weighted by Gasteiger charge is -2.32. The second-order valence-electron chi connectivity index (χ2n) is 5.45. The van der Waals surface area contributed by atoms with Crippen LogP contribution >= 0.6 is 0 Å². The predicted molar refractivity (Wildman–Crippen MR) is 78.4 cm³/mol. The van der Waals surface area contributed by atoms with Crippen LogP contribution in [0.3, 0.4) is 0 Å². The summed E-state index contributed by atoms with van der Waals surface area (Å²) in [5.41, 5.74) is 6.04. The molecule has 2 rings (SSSR count). The van der Waals surface area contributed by atoms with E-state index < -0.39 is 0 Å². The van der Waals surface area contributed by atoms with Gasteiger partial charge in [0.15, 0.2) is 0 Å². The Morgan fingerprint density at radius 1 is 1.50 bits per heavy atom. The summed E-state index contributed by atoms with van der Waals surface area (Å²) < 4.78 is 5.19. The normalized spacial score (nSPS) is 17.3. The molecule has 1 saturated heterocycles. The predicted octanol–water partition coefficient (Wildman–Crippen LogP) is 1.73. The molecule has 0 spiro atoms. The Bertz CT molecular complexity index is 423. The first-order valence-electron chi connectivity index (χ1n) is 7.53. The van der Waals surface area contributed by atoms with Crippen molar-refractivity contribution in [3.05, 3.63) is 23.7 Å². The van der Waals surface area contributed by atoms with Gasteiger partial charge in [0, 0.05) is 19.1 Å². The van der Waals surface area contributed by atoms with Crippen LogP contribution in [0, 0.1) is 0 Å². The van der Waals surface area contributed by atoms with Crippen LogP contribution in [0.2, 0.25) is 0 Å². The Labute approximate surface area is 120 Å². The first-order valence-corrected chi connectivity index (χ1v) is 7.53. The molecule has 1 aromatic rings. The number of unbranched alkanes of at least 4 members (excludes halogenated alkanes) is 1. The highest BCUT2D eigenvalue weighted by Gasteiger charge is 2.21. The molecule has 112 valence electrons. The van der Waals surface area contributed by atoms with Crippen LogP contribution in [0.1, 0.15) is 48.7 Å². The minimum absolute atomic E-state index is 0.0551. The lowest BCUT2D eigenvalue weighted by Crippen LogP contribution is -2.44. The third kappa shape index (κ3) is 4.08. The van der Waals surface area contributed by atoms with E-state index in [1.54, 1.807) is 6.07 Å². The van der Waals surface area contributed by atoms with Gasteiger partial charge in [-0.25, -0.2) is 0 Å². The van der Waals surface area contributed by atoms with Crippen LogP contribution < -0.4 is 11.1 Å². The number of likely N-dealkylation sites (tertiary alicyclic amines) is 1. The summed E-state index contributed by atoms with van der Waals surface area (Å²) in [6.07, 6.45) is 6.02. The van der Waals surface area contributed by atoms with Gasteiger partial charge in [-0.05, 0) is 31.9 Å². The largest absolute Gasteiger partial charge is 0.467 e. The zero-order valence-electron chi connectivity index (χ0n) is 12.2. The van der Waals surface area contributed by atoms with Gasteiger partial charge in [0.25, 0.3) is 5.91 Å². The molecule has 1 fully saturated rings. The second-order valence-corrected chi connectivity index (χ2v) is 5.45. The molecule has 1 aromatic heterocycles. The van der Waals surface area contributed by atoms with Gasteiger partial charge in [-0.1, -0.05) is 13.3 Å². The quantitative estimate of drug-likeness (QED) is 0.832. The minimum atomic E-state index is -0.0551. The highest BCUT2D eigenvalue weighted by atomic mass is 16.3. The summed E-state index contributed by atoms with van der Waals surface area (Å²) in [5, 5.41) is 3.08. The van der Waals surface area contributed by atoms with Crippen LogP contribution in [0.5, 0.6) is 0 Å². The van der Waals surface area contributed by atoms with E-state index >= 15 is 0 Å². The molecule has 1 amide bonds. The zero-order chi connectivity index (χ0) is 14.4. The maximum absolute atomic E-state index is 12.1. The van der Waals surface area contributed by atoms with Crippen molar-refractivity contribution in [2.75, 3.05) is 19.6 Å². The molecule has 0 radical (unpaired) electrons. The molecule has 0 atom stereocenters. The average molecular weight is 279 g/mol. The molecule has 5 heteroatoms. The van der Waals surface area contributed by atoms with Crippen LogP contribution in [-0.2, 0) is 6.54 Å². The minimum Gasteiger partial charge on any atom is -0.467 e. The number of amides is 1. The Hall–Kier alpha value is -1.33. The van der Waals surface area contributed by atoms with Crippen molar-refractivity contribution in [3.63, 3.8) is 0 Å². The van der Waals surface area contributed by atoms with E-state index in [1.165, 1.54) is 25.6 Å². The van der Waals surface area contributed by atoms with Gasteiger partial charge >= 0.3 is 0 Å². The van der Waals surface area contributed by atoms with E-state index in [1.807, 2.05) is 0 Å². The molecule has 0 unspecified atom stereocenters. The number of nitrogens with one attached hydrogen (secondary N) is 1. The topological polar surface area (TPSA) is 71.5 Å². The number of carbonyl (C=O) groups is 1. The van der Waals surface area contributed by atoms with E-state index in [2.05, 4.69) is 17.1 Å². The standard InChI is InChI=1S/C15H25N3O2/c1-2-3-6-18-7-4-13(5-8-18)17-15(19)12-9-14(10-16)20-11-12/h9,11,13H,2-8,10,16H2,1H3,(H,17,19). The first-order chi connectivity index (χ1) is 9.72. The number of furan rings is 1. The Balaban J connectivity index is 1.76. The fraction of sp³-hybridized carbons (Fsp3) is 0.667. The number of carbonyl (C=O) groups excluding carboxylic acids is 1. The third-order valence-corrected chi connectivity index (χ3v) is 3.87. The lowest BCUT2D eigenvalue weighted by atomic mass is 10.0. The van der Waals surface area contributed by atoms with Gasteiger partial charge in [0.2, 0.25) is 0 Å². The van der Waals surface area contributed by atoms with E-state index in [9.17, 15) is 4.79 Å². The van der Waals surface area contributed by atoms with Crippen LogP contribution in [0.15, 0.2) is 16.7 Å². The van der Waals surface area contributed by atoms with Crippen molar-refractivity contribution in [1.29, 1.82) is 0 Å². The second kappa shape index (κ2) is 7.45. The Kier molecular flexibility index (Phi) is 5.61. The van der Waals surface area contributed by atoms with Gasteiger partial charge in [-0.2, -0.15) is 0 Å². The van der Waals surface area contributed by atoms with E-state index in [0.717, 1.165) is 25.9 Å². The summed E-state index contributed by atoms with van der Waals surface area (Å²) in [6.45, 7) is 5.87. The van der Waals surface area contributed by atoms with Crippen molar-refractivity contribution >= 4 is 5.91 Å². The van der Waals surface area contributed by atoms with Crippen molar-refractivity contribution in [2.45, 2.75) is 45.2 Å². The summed E-state index contributed by atoms with van der Waals surface area (Å²) in [5.74, 6) is 0.588. The van der Waals surface area contributed by atoms with Crippen LogP contribution in [0.4, 0.5) is 0 Å².